The summed E-state index contributed by atoms with van der Waals surface area (Å²) < 4.78 is 46.5. The highest BCUT2D eigenvalue weighted by molar-refractivity contribution is 5.89. The van der Waals surface area contributed by atoms with Crippen molar-refractivity contribution in [3.63, 3.8) is 0 Å². The number of pyridine rings is 1. The highest BCUT2D eigenvalue weighted by Crippen LogP contribution is 2.39. The lowest BCUT2D eigenvalue weighted by Gasteiger charge is -2.53. The first-order chi connectivity index (χ1) is 18.3. The third-order valence-corrected chi connectivity index (χ3v) is 7.56. The van der Waals surface area contributed by atoms with E-state index in [1.54, 1.807) is 6.20 Å². The fourth-order valence-electron chi connectivity index (χ4n) is 5.60. The van der Waals surface area contributed by atoms with E-state index in [1.165, 1.54) is 18.5 Å². The lowest BCUT2D eigenvalue weighted by atomic mass is 9.82. The molecule has 1 aliphatic carbocycles. The summed E-state index contributed by atoms with van der Waals surface area (Å²) in [5.74, 6) is 0.00958. The first kappa shape index (κ1) is 24.4. The van der Waals surface area contributed by atoms with Crippen molar-refractivity contribution in [3.05, 3.63) is 54.9 Å². The van der Waals surface area contributed by atoms with E-state index in [0.29, 0.717) is 25.6 Å². The summed E-state index contributed by atoms with van der Waals surface area (Å²) in [5, 5.41) is 15.1. The van der Waals surface area contributed by atoms with Crippen LogP contribution in [0.2, 0.25) is 0 Å². The number of nitriles is 1. The van der Waals surface area contributed by atoms with Gasteiger partial charge in [-0.3, -0.25) is 9.58 Å². The maximum atomic E-state index is 13.0. The molecule has 0 radical (unpaired) electrons. The number of likely N-dealkylation sites (tertiary alicyclic amines) is 1. The van der Waals surface area contributed by atoms with Crippen molar-refractivity contribution < 1.29 is 17.9 Å². The van der Waals surface area contributed by atoms with Crippen molar-refractivity contribution in [1.29, 1.82) is 5.26 Å². The molecule has 4 aromatic rings. The first-order valence-electron chi connectivity index (χ1n) is 12.5. The van der Waals surface area contributed by atoms with Crippen LogP contribution in [0.1, 0.15) is 37.8 Å². The van der Waals surface area contributed by atoms with Gasteiger partial charge in [0.25, 0.3) is 0 Å². The van der Waals surface area contributed by atoms with E-state index < -0.39 is 17.4 Å². The Morgan fingerprint density at radius 3 is 2.71 bits per heavy atom. The number of fused-ring (bicyclic) bond motifs is 1. The number of nitrogens with zero attached hydrogens (tertiary/aromatic N) is 7. The number of aromatic nitrogens is 6. The third-order valence-electron chi connectivity index (χ3n) is 7.56. The Labute approximate surface area is 216 Å². The topological polar surface area (TPSA) is 109 Å². The molecule has 1 N–H and O–H groups in total. The average Bonchev–Trinajstić information content (AvgIpc) is 3.56. The molecule has 12 heteroatoms. The summed E-state index contributed by atoms with van der Waals surface area (Å²) in [4.78, 5) is 17.8. The number of halogens is 3. The van der Waals surface area contributed by atoms with Crippen LogP contribution in [-0.4, -0.2) is 59.9 Å². The second-order valence-electron chi connectivity index (χ2n) is 10.0. The van der Waals surface area contributed by atoms with Crippen molar-refractivity contribution in [2.45, 2.75) is 56.0 Å². The van der Waals surface area contributed by atoms with Gasteiger partial charge in [-0.25, -0.2) is 15.0 Å². The average molecular weight is 523 g/mol. The SMILES string of the molecule is N#CCC1(n2cc(-c3ncnc4[nH]ccc34)cn2)CN([C@H]2CC[C@@H](Oc3cccc(C(F)(F)F)n3)CC2)C1. The molecule has 6 rings (SSSR count). The van der Waals surface area contributed by atoms with E-state index in [4.69, 9.17) is 4.74 Å². The van der Waals surface area contributed by atoms with Crippen molar-refractivity contribution >= 4 is 11.0 Å². The van der Waals surface area contributed by atoms with Crippen LogP contribution < -0.4 is 4.74 Å². The van der Waals surface area contributed by atoms with Crippen LogP contribution in [0, 0.1) is 11.3 Å². The lowest BCUT2D eigenvalue weighted by molar-refractivity contribution is -0.141. The van der Waals surface area contributed by atoms with Crippen LogP contribution in [0.4, 0.5) is 13.2 Å². The molecule has 0 aromatic carbocycles. The molecule has 38 heavy (non-hydrogen) atoms. The maximum absolute atomic E-state index is 13.0. The van der Waals surface area contributed by atoms with Gasteiger partial charge in [0, 0.05) is 48.5 Å². The molecule has 2 fully saturated rings. The second kappa shape index (κ2) is 9.40. The van der Waals surface area contributed by atoms with Gasteiger partial charge >= 0.3 is 6.18 Å². The zero-order chi connectivity index (χ0) is 26.3. The number of alkyl halides is 3. The normalized spacial score (nSPS) is 21.6. The molecule has 0 atom stereocenters. The van der Waals surface area contributed by atoms with Crippen LogP contribution in [0.5, 0.6) is 5.88 Å². The molecular formula is C26H25F3N8O. The quantitative estimate of drug-likeness (QED) is 0.396. The van der Waals surface area contributed by atoms with Crippen LogP contribution in [0.3, 0.4) is 0 Å². The van der Waals surface area contributed by atoms with Crippen molar-refractivity contribution in [2.24, 2.45) is 0 Å². The van der Waals surface area contributed by atoms with Gasteiger partial charge in [-0.05, 0) is 37.8 Å². The van der Waals surface area contributed by atoms with E-state index in [1.807, 2.05) is 23.1 Å². The number of H-pyrrole nitrogens is 1. The van der Waals surface area contributed by atoms with Gasteiger partial charge in [0.1, 0.15) is 29.3 Å². The summed E-state index contributed by atoms with van der Waals surface area (Å²) in [6, 6.07) is 8.32. The van der Waals surface area contributed by atoms with Crippen LogP contribution in [0.25, 0.3) is 22.3 Å². The summed E-state index contributed by atoms with van der Waals surface area (Å²) in [5.41, 5.74) is 1.06. The molecule has 196 valence electrons. The Morgan fingerprint density at radius 1 is 1.13 bits per heavy atom. The predicted octanol–water partition coefficient (Wildman–Crippen LogP) is 4.55. The summed E-state index contributed by atoms with van der Waals surface area (Å²) in [6.45, 7) is 1.41. The monoisotopic (exact) mass is 522 g/mol. The minimum Gasteiger partial charge on any atom is -0.474 e. The third kappa shape index (κ3) is 4.47. The number of ether oxygens (including phenoxy) is 1. The van der Waals surface area contributed by atoms with Crippen molar-refractivity contribution in [3.8, 4) is 23.2 Å². The number of hydrogen-bond donors (Lipinski definition) is 1. The lowest BCUT2D eigenvalue weighted by Crippen LogP contribution is -2.65. The minimum absolute atomic E-state index is 0.00958. The Bertz CT molecular complexity index is 1480. The number of rotatable bonds is 6. The Balaban J connectivity index is 1.09. The molecule has 2 aliphatic rings. The fourth-order valence-corrected chi connectivity index (χ4v) is 5.60. The van der Waals surface area contributed by atoms with Gasteiger partial charge in [0.05, 0.1) is 24.4 Å². The van der Waals surface area contributed by atoms with E-state index >= 15 is 0 Å². The highest BCUT2D eigenvalue weighted by Gasteiger charge is 2.48. The smallest absolute Gasteiger partial charge is 0.433 e. The predicted molar refractivity (Wildman–Crippen MR) is 131 cm³/mol. The largest absolute Gasteiger partial charge is 0.474 e. The van der Waals surface area contributed by atoms with Crippen LogP contribution in [0.15, 0.2) is 49.2 Å². The molecule has 1 saturated carbocycles. The zero-order valence-corrected chi connectivity index (χ0v) is 20.4. The van der Waals surface area contributed by atoms with Gasteiger partial charge < -0.3 is 9.72 Å². The van der Waals surface area contributed by atoms with E-state index in [-0.39, 0.29) is 12.0 Å². The van der Waals surface area contributed by atoms with Crippen LogP contribution in [-0.2, 0) is 11.7 Å². The maximum Gasteiger partial charge on any atom is 0.433 e. The van der Waals surface area contributed by atoms with E-state index in [2.05, 4.69) is 36.0 Å². The Morgan fingerprint density at radius 2 is 1.95 bits per heavy atom. The standard InChI is InChI=1S/C26H25F3N8O/c27-26(28,29)21-2-1-3-22(35-21)38-19-6-4-18(5-7-19)36-14-25(15-36,9-10-30)37-13-17(12-34-37)23-20-8-11-31-24(20)33-16-32-23/h1-3,8,11-13,16,18-19H,4-7,9,14-15H2,(H,31,32,33)/t18-,19+. The summed E-state index contributed by atoms with van der Waals surface area (Å²) >= 11 is 0. The summed E-state index contributed by atoms with van der Waals surface area (Å²) in [6.07, 6.45) is 5.95. The van der Waals surface area contributed by atoms with E-state index in [0.717, 1.165) is 54.0 Å². The molecule has 1 aliphatic heterocycles. The van der Waals surface area contributed by atoms with Crippen molar-refractivity contribution in [2.75, 3.05) is 13.1 Å². The number of nitrogens with one attached hydrogen (secondary N) is 1. The summed E-state index contributed by atoms with van der Waals surface area (Å²) in [7, 11) is 0. The molecule has 9 nitrogen and oxygen atoms in total. The first-order valence-corrected chi connectivity index (χ1v) is 12.5. The number of aromatic amines is 1. The van der Waals surface area contributed by atoms with Gasteiger partial charge in [-0.15, -0.1) is 0 Å². The Kier molecular flexibility index (Phi) is 6.03. The highest BCUT2D eigenvalue weighted by atomic mass is 19.4. The van der Waals surface area contributed by atoms with Gasteiger partial charge in [0.2, 0.25) is 5.88 Å². The molecule has 0 spiro atoms. The van der Waals surface area contributed by atoms with Crippen LogP contribution >= 0.6 is 0 Å². The zero-order valence-electron chi connectivity index (χ0n) is 20.4. The second-order valence-corrected chi connectivity index (χ2v) is 10.0. The molecular weight excluding hydrogens is 497 g/mol. The molecule has 0 unspecified atom stereocenters. The molecule has 1 saturated heterocycles. The molecule has 0 bridgehead atoms. The molecule has 4 aromatic heterocycles. The molecule has 5 heterocycles. The fraction of sp³-hybridized carbons (Fsp3) is 0.423. The van der Waals surface area contributed by atoms with Crippen molar-refractivity contribution in [1.82, 2.24) is 34.6 Å². The van der Waals surface area contributed by atoms with Gasteiger partial charge in [0.15, 0.2) is 0 Å². The minimum atomic E-state index is -4.50. The molecule has 0 amide bonds. The Hall–Kier alpha value is -3.98. The van der Waals surface area contributed by atoms with E-state index in [9.17, 15) is 18.4 Å². The van der Waals surface area contributed by atoms with Gasteiger partial charge in [-0.1, -0.05) is 6.07 Å². The van der Waals surface area contributed by atoms with Gasteiger partial charge in [-0.2, -0.15) is 23.5 Å². The number of hydrogen-bond acceptors (Lipinski definition) is 7.